The average molecular weight is 254 g/mol. The van der Waals surface area contributed by atoms with Crippen molar-refractivity contribution in [2.45, 2.75) is 20.4 Å². The molecule has 2 rings (SSSR count). The van der Waals surface area contributed by atoms with Crippen molar-refractivity contribution in [3.8, 4) is 0 Å². The Labute approximate surface area is 116 Å². The second-order valence-corrected chi connectivity index (χ2v) is 5.16. The average Bonchev–Trinajstić information content (AvgIpc) is 2.41. The van der Waals surface area contributed by atoms with Crippen molar-refractivity contribution in [1.82, 2.24) is 0 Å². The lowest BCUT2D eigenvalue weighted by Crippen LogP contribution is -2.09. The Morgan fingerprint density at radius 3 is 2.47 bits per heavy atom. The van der Waals surface area contributed by atoms with Gasteiger partial charge >= 0.3 is 0 Å². The van der Waals surface area contributed by atoms with E-state index in [1.807, 2.05) is 0 Å². The van der Waals surface area contributed by atoms with Crippen LogP contribution in [0.2, 0.25) is 0 Å². The van der Waals surface area contributed by atoms with Gasteiger partial charge in [-0.1, -0.05) is 24.3 Å². The maximum atomic E-state index is 3.50. The van der Waals surface area contributed by atoms with Crippen LogP contribution in [0.4, 0.5) is 11.4 Å². The number of aryl methyl sites for hydroxylation is 1. The Balaban J connectivity index is 2.10. The van der Waals surface area contributed by atoms with E-state index in [0.717, 1.165) is 12.2 Å². The van der Waals surface area contributed by atoms with E-state index in [2.05, 4.69) is 80.6 Å². The second-order valence-electron chi connectivity index (χ2n) is 5.16. The minimum absolute atomic E-state index is 0.865. The van der Waals surface area contributed by atoms with Crippen LogP contribution in [0.25, 0.3) is 0 Å². The van der Waals surface area contributed by atoms with Crippen LogP contribution in [0.5, 0.6) is 0 Å². The van der Waals surface area contributed by atoms with Crippen molar-refractivity contribution >= 4 is 11.4 Å². The largest absolute Gasteiger partial charge is 0.381 e. The standard InChI is InChI=1S/C17H22N2/c1-13-7-5-8-15(14(13)2)12-18-16-9-6-10-17(11-16)19(3)4/h5-11,18H,12H2,1-4H3. The minimum Gasteiger partial charge on any atom is -0.381 e. The number of benzene rings is 2. The summed E-state index contributed by atoms with van der Waals surface area (Å²) in [5.41, 5.74) is 6.45. The molecule has 19 heavy (non-hydrogen) atoms. The van der Waals surface area contributed by atoms with Gasteiger partial charge in [0.05, 0.1) is 0 Å². The zero-order chi connectivity index (χ0) is 13.8. The number of anilines is 2. The molecule has 0 aliphatic rings. The Kier molecular flexibility index (Phi) is 4.10. The lowest BCUT2D eigenvalue weighted by atomic mass is 10.0. The lowest BCUT2D eigenvalue weighted by molar-refractivity contribution is 1.10. The van der Waals surface area contributed by atoms with Crippen LogP contribution in [-0.4, -0.2) is 14.1 Å². The van der Waals surface area contributed by atoms with E-state index in [4.69, 9.17) is 0 Å². The molecule has 0 amide bonds. The molecule has 0 fully saturated rings. The molecule has 0 saturated carbocycles. The molecule has 0 saturated heterocycles. The maximum Gasteiger partial charge on any atom is 0.0403 e. The van der Waals surface area contributed by atoms with Crippen LogP contribution >= 0.6 is 0 Å². The Hall–Kier alpha value is -1.96. The third-order valence-electron chi connectivity index (χ3n) is 3.56. The molecule has 2 nitrogen and oxygen atoms in total. The topological polar surface area (TPSA) is 15.3 Å². The molecule has 0 spiro atoms. The van der Waals surface area contributed by atoms with Crippen LogP contribution in [0.3, 0.4) is 0 Å². The molecule has 2 heteroatoms. The molecule has 0 heterocycles. The maximum absolute atomic E-state index is 3.50. The fourth-order valence-electron chi connectivity index (χ4n) is 2.09. The molecule has 0 atom stereocenters. The molecule has 0 radical (unpaired) electrons. The van der Waals surface area contributed by atoms with Crippen molar-refractivity contribution in [2.75, 3.05) is 24.3 Å². The number of nitrogens with one attached hydrogen (secondary N) is 1. The summed E-state index contributed by atoms with van der Waals surface area (Å²) in [7, 11) is 4.12. The van der Waals surface area contributed by atoms with E-state index in [1.165, 1.54) is 22.4 Å². The Bertz CT molecular complexity index is 559. The van der Waals surface area contributed by atoms with E-state index in [9.17, 15) is 0 Å². The number of hydrogen-bond donors (Lipinski definition) is 1. The smallest absolute Gasteiger partial charge is 0.0403 e. The van der Waals surface area contributed by atoms with Gasteiger partial charge in [-0.3, -0.25) is 0 Å². The first-order chi connectivity index (χ1) is 9.08. The highest BCUT2D eigenvalue weighted by Crippen LogP contribution is 2.19. The van der Waals surface area contributed by atoms with E-state index >= 15 is 0 Å². The van der Waals surface area contributed by atoms with E-state index < -0.39 is 0 Å². The molecule has 0 aromatic heterocycles. The minimum atomic E-state index is 0.865. The molecule has 0 aliphatic carbocycles. The molecule has 2 aromatic rings. The number of nitrogens with zero attached hydrogens (tertiary/aromatic N) is 1. The van der Waals surface area contributed by atoms with Crippen LogP contribution in [0, 0.1) is 13.8 Å². The highest BCUT2D eigenvalue weighted by molar-refractivity contribution is 5.57. The highest BCUT2D eigenvalue weighted by atomic mass is 15.1. The summed E-state index contributed by atoms with van der Waals surface area (Å²) in [6, 6.07) is 14.9. The normalized spacial score (nSPS) is 10.3. The van der Waals surface area contributed by atoms with Crippen molar-refractivity contribution in [1.29, 1.82) is 0 Å². The van der Waals surface area contributed by atoms with Crippen LogP contribution in [-0.2, 0) is 6.54 Å². The van der Waals surface area contributed by atoms with Crippen molar-refractivity contribution in [3.63, 3.8) is 0 Å². The van der Waals surface area contributed by atoms with Gasteiger partial charge < -0.3 is 10.2 Å². The summed E-state index contributed by atoms with van der Waals surface area (Å²) in [4.78, 5) is 2.11. The highest BCUT2D eigenvalue weighted by Gasteiger charge is 2.01. The predicted octanol–water partition coefficient (Wildman–Crippen LogP) is 3.98. The Morgan fingerprint density at radius 1 is 1.00 bits per heavy atom. The molecule has 0 bridgehead atoms. The third-order valence-corrected chi connectivity index (χ3v) is 3.56. The quantitative estimate of drug-likeness (QED) is 0.887. The molecule has 100 valence electrons. The van der Waals surface area contributed by atoms with Gasteiger partial charge in [0.15, 0.2) is 0 Å². The summed E-state index contributed by atoms with van der Waals surface area (Å²) in [5.74, 6) is 0. The molecule has 2 aromatic carbocycles. The number of hydrogen-bond acceptors (Lipinski definition) is 2. The first-order valence-corrected chi connectivity index (χ1v) is 6.64. The van der Waals surface area contributed by atoms with Gasteiger partial charge in [0, 0.05) is 32.0 Å². The first kappa shape index (κ1) is 13.5. The van der Waals surface area contributed by atoms with E-state index in [1.54, 1.807) is 0 Å². The van der Waals surface area contributed by atoms with Crippen LogP contribution in [0.15, 0.2) is 42.5 Å². The van der Waals surface area contributed by atoms with Crippen LogP contribution < -0.4 is 10.2 Å². The monoisotopic (exact) mass is 254 g/mol. The van der Waals surface area contributed by atoms with Gasteiger partial charge in [0.25, 0.3) is 0 Å². The van der Waals surface area contributed by atoms with Crippen molar-refractivity contribution < 1.29 is 0 Å². The zero-order valence-electron chi connectivity index (χ0n) is 12.2. The summed E-state index contributed by atoms with van der Waals surface area (Å²) >= 11 is 0. The molecule has 0 aliphatic heterocycles. The van der Waals surface area contributed by atoms with Gasteiger partial charge in [-0.15, -0.1) is 0 Å². The summed E-state index contributed by atoms with van der Waals surface area (Å²) < 4.78 is 0. The van der Waals surface area contributed by atoms with Gasteiger partial charge in [0.1, 0.15) is 0 Å². The summed E-state index contributed by atoms with van der Waals surface area (Å²) in [6.07, 6.45) is 0. The summed E-state index contributed by atoms with van der Waals surface area (Å²) in [6.45, 7) is 5.21. The summed E-state index contributed by atoms with van der Waals surface area (Å²) in [5, 5.41) is 3.50. The van der Waals surface area contributed by atoms with Gasteiger partial charge in [-0.2, -0.15) is 0 Å². The molecular formula is C17H22N2. The van der Waals surface area contributed by atoms with Crippen molar-refractivity contribution in [2.24, 2.45) is 0 Å². The zero-order valence-corrected chi connectivity index (χ0v) is 12.2. The third kappa shape index (κ3) is 3.28. The molecule has 1 N–H and O–H groups in total. The second kappa shape index (κ2) is 5.79. The van der Waals surface area contributed by atoms with Gasteiger partial charge in [-0.05, 0) is 48.7 Å². The first-order valence-electron chi connectivity index (χ1n) is 6.64. The van der Waals surface area contributed by atoms with Gasteiger partial charge in [0.2, 0.25) is 0 Å². The van der Waals surface area contributed by atoms with Gasteiger partial charge in [-0.25, -0.2) is 0 Å². The SMILES string of the molecule is Cc1cccc(CNc2cccc(N(C)C)c2)c1C. The predicted molar refractivity (Wildman–Crippen MR) is 84.0 cm³/mol. The van der Waals surface area contributed by atoms with Crippen LogP contribution in [0.1, 0.15) is 16.7 Å². The number of rotatable bonds is 4. The fraction of sp³-hybridized carbons (Fsp3) is 0.294. The molecular weight excluding hydrogens is 232 g/mol. The Morgan fingerprint density at radius 2 is 1.74 bits per heavy atom. The van der Waals surface area contributed by atoms with E-state index in [0.29, 0.717) is 0 Å². The van der Waals surface area contributed by atoms with Crippen molar-refractivity contribution in [3.05, 3.63) is 59.2 Å². The fourth-order valence-corrected chi connectivity index (χ4v) is 2.09. The van der Waals surface area contributed by atoms with E-state index in [-0.39, 0.29) is 0 Å². The lowest BCUT2D eigenvalue weighted by Gasteiger charge is -2.15. The molecule has 0 unspecified atom stereocenters.